The van der Waals surface area contributed by atoms with Gasteiger partial charge >= 0.3 is 5.97 Å². The Hall–Kier alpha value is -1.95. The summed E-state index contributed by atoms with van der Waals surface area (Å²) in [4.78, 5) is 10.5. The highest BCUT2D eigenvalue weighted by Crippen LogP contribution is 2.32. The molecule has 0 saturated heterocycles. The number of carbonyl (C=O) groups is 1. The second-order valence-electron chi connectivity index (χ2n) is 3.11. The summed E-state index contributed by atoms with van der Waals surface area (Å²) in [6.45, 7) is 0. The SMILES string of the molecule is N[C@@H](Cc1c(O)cc(O)cc1O)C(=O)O. The van der Waals surface area contributed by atoms with Crippen molar-refractivity contribution in [2.45, 2.75) is 12.5 Å². The summed E-state index contributed by atoms with van der Waals surface area (Å²) in [5.41, 5.74) is 5.24. The van der Waals surface area contributed by atoms with E-state index in [1.54, 1.807) is 0 Å². The number of benzene rings is 1. The van der Waals surface area contributed by atoms with Crippen LogP contribution in [0.2, 0.25) is 0 Å². The summed E-state index contributed by atoms with van der Waals surface area (Å²) in [6, 6.07) is 0.791. The predicted molar refractivity (Wildman–Crippen MR) is 50.8 cm³/mol. The van der Waals surface area contributed by atoms with E-state index in [0.29, 0.717) is 0 Å². The lowest BCUT2D eigenvalue weighted by Crippen LogP contribution is -2.32. The van der Waals surface area contributed by atoms with Crippen molar-refractivity contribution in [3.63, 3.8) is 0 Å². The molecule has 0 radical (unpaired) electrons. The fourth-order valence-electron chi connectivity index (χ4n) is 1.14. The van der Waals surface area contributed by atoms with E-state index in [2.05, 4.69) is 0 Å². The Labute approximate surface area is 85.2 Å². The van der Waals surface area contributed by atoms with Gasteiger partial charge in [0, 0.05) is 24.1 Å². The fourth-order valence-corrected chi connectivity index (χ4v) is 1.14. The van der Waals surface area contributed by atoms with Crippen LogP contribution in [-0.4, -0.2) is 32.4 Å². The Balaban J connectivity index is 3.00. The Bertz CT molecular complexity index is 367. The highest BCUT2D eigenvalue weighted by atomic mass is 16.4. The molecule has 1 aromatic carbocycles. The number of phenols is 3. The number of hydrogen-bond acceptors (Lipinski definition) is 5. The summed E-state index contributed by atoms with van der Waals surface area (Å²) < 4.78 is 0. The van der Waals surface area contributed by atoms with Crippen LogP contribution in [0.25, 0.3) is 0 Å². The van der Waals surface area contributed by atoms with Crippen molar-refractivity contribution in [3.05, 3.63) is 17.7 Å². The van der Waals surface area contributed by atoms with E-state index in [0.717, 1.165) is 12.1 Å². The van der Waals surface area contributed by atoms with Gasteiger partial charge in [0.05, 0.1) is 0 Å². The van der Waals surface area contributed by atoms with Gasteiger partial charge in [-0.15, -0.1) is 0 Å². The van der Waals surface area contributed by atoms with Crippen molar-refractivity contribution in [3.8, 4) is 17.2 Å². The first-order valence-corrected chi connectivity index (χ1v) is 4.14. The van der Waals surface area contributed by atoms with Crippen LogP contribution < -0.4 is 5.73 Å². The summed E-state index contributed by atoms with van der Waals surface area (Å²) in [6.07, 6.45) is -0.215. The molecule has 6 heteroatoms. The molecule has 0 fully saturated rings. The molecule has 0 aliphatic heterocycles. The van der Waals surface area contributed by atoms with Crippen molar-refractivity contribution in [1.82, 2.24) is 0 Å². The lowest BCUT2D eigenvalue weighted by atomic mass is 10.0. The zero-order valence-electron chi connectivity index (χ0n) is 7.71. The number of hydrogen-bond donors (Lipinski definition) is 5. The Morgan fingerprint density at radius 1 is 1.27 bits per heavy atom. The minimum absolute atomic E-state index is 0.00250. The number of carboxylic acid groups (broad SMARTS) is 1. The molecule has 1 atom stereocenters. The molecule has 1 rings (SSSR count). The summed E-state index contributed by atoms with van der Waals surface area (Å²) in [5.74, 6) is -2.31. The largest absolute Gasteiger partial charge is 0.508 e. The van der Waals surface area contributed by atoms with Crippen LogP contribution in [0.1, 0.15) is 5.56 Å². The molecule has 0 bridgehead atoms. The average molecular weight is 213 g/mol. The van der Waals surface area contributed by atoms with Gasteiger partial charge < -0.3 is 26.2 Å². The number of nitrogens with two attached hydrogens (primary N) is 1. The van der Waals surface area contributed by atoms with Crippen LogP contribution in [0.3, 0.4) is 0 Å². The van der Waals surface area contributed by atoms with Crippen LogP contribution in [0.15, 0.2) is 12.1 Å². The van der Waals surface area contributed by atoms with Crippen LogP contribution in [-0.2, 0) is 11.2 Å². The van der Waals surface area contributed by atoms with Crippen molar-refractivity contribution < 1.29 is 25.2 Å². The zero-order chi connectivity index (χ0) is 11.6. The fraction of sp³-hybridized carbons (Fsp3) is 0.222. The standard InChI is InChI=1S/C9H11NO5/c10-6(9(14)15)3-5-7(12)1-4(11)2-8(5)13/h1-2,6,11-13H,3,10H2,(H,14,15)/t6-/m0/s1. The molecule has 0 unspecified atom stereocenters. The summed E-state index contributed by atoms with van der Waals surface area (Å²) in [7, 11) is 0. The first-order chi connectivity index (χ1) is 6.91. The van der Waals surface area contributed by atoms with Gasteiger partial charge in [-0.1, -0.05) is 0 Å². The number of aromatic hydroxyl groups is 3. The molecular formula is C9H11NO5. The average Bonchev–Trinajstić information content (AvgIpc) is 2.10. The predicted octanol–water partition coefficient (Wildman–Crippen LogP) is -0.242. The van der Waals surface area contributed by atoms with E-state index >= 15 is 0 Å². The first-order valence-electron chi connectivity index (χ1n) is 4.14. The Morgan fingerprint density at radius 2 is 1.73 bits per heavy atom. The van der Waals surface area contributed by atoms with E-state index in [1.165, 1.54) is 0 Å². The highest BCUT2D eigenvalue weighted by molar-refractivity contribution is 5.74. The maximum atomic E-state index is 10.5. The number of rotatable bonds is 3. The molecule has 0 spiro atoms. The normalized spacial score (nSPS) is 12.3. The first kappa shape index (κ1) is 11.1. The van der Waals surface area contributed by atoms with Gasteiger partial charge in [0.1, 0.15) is 23.3 Å². The summed E-state index contributed by atoms with van der Waals surface area (Å²) in [5, 5.41) is 36.2. The lowest BCUT2D eigenvalue weighted by Gasteiger charge is -2.10. The molecule has 1 aromatic rings. The molecule has 0 amide bonds. The molecule has 15 heavy (non-hydrogen) atoms. The van der Waals surface area contributed by atoms with Crippen LogP contribution in [0, 0.1) is 0 Å². The topological polar surface area (TPSA) is 124 Å². The van der Waals surface area contributed by atoms with Gasteiger partial charge in [0.15, 0.2) is 0 Å². The third kappa shape index (κ3) is 2.50. The van der Waals surface area contributed by atoms with Gasteiger partial charge in [-0.3, -0.25) is 4.79 Å². The minimum atomic E-state index is -1.23. The molecule has 82 valence electrons. The molecule has 6 nitrogen and oxygen atoms in total. The van der Waals surface area contributed by atoms with Gasteiger partial charge in [-0.2, -0.15) is 0 Å². The molecule has 0 heterocycles. The third-order valence-electron chi connectivity index (χ3n) is 1.93. The second-order valence-corrected chi connectivity index (χ2v) is 3.11. The highest BCUT2D eigenvalue weighted by Gasteiger charge is 2.18. The molecule has 0 aliphatic rings. The zero-order valence-corrected chi connectivity index (χ0v) is 7.71. The summed E-state index contributed by atoms with van der Waals surface area (Å²) >= 11 is 0. The van der Waals surface area contributed by atoms with E-state index in [-0.39, 0.29) is 29.2 Å². The van der Waals surface area contributed by atoms with Gasteiger partial charge in [0.2, 0.25) is 0 Å². The van der Waals surface area contributed by atoms with Crippen LogP contribution in [0.5, 0.6) is 17.2 Å². The van der Waals surface area contributed by atoms with Gasteiger partial charge in [0.25, 0.3) is 0 Å². The Morgan fingerprint density at radius 3 is 2.13 bits per heavy atom. The molecular weight excluding hydrogens is 202 g/mol. The van der Waals surface area contributed by atoms with Crippen LogP contribution in [0.4, 0.5) is 0 Å². The molecule has 0 aromatic heterocycles. The number of carboxylic acids is 1. The monoisotopic (exact) mass is 213 g/mol. The van der Waals surface area contributed by atoms with Crippen molar-refractivity contribution in [2.24, 2.45) is 5.73 Å². The maximum Gasteiger partial charge on any atom is 0.320 e. The molecule has 6 N–H and O–H groups in total. The minimum Gasteiger partial charge on any atom is -0.508 e. The number of phenolic OH excluding ortho intramolecular Hbond substituents is 3. The van der Waals surface area contributed by atoms with E-state index in [9.17, 15) is 15.0 Å². The van der Waals surface area contributed by atoms with Gasteiger partial charge in [-0.25, -0.2) is 0 Å². The van der Waals surface area contributed by atoms with E-state index in [1.807, 2.05) is 0 Å². The van der Waals surface area contributed by atoms with Crippen molar-refractivity contribution in [2.75, 3.05) is 0 Å². The van der Waals surface area contributed by atoms with E-state index in [4.69, 9.17) is 15.9 Å². The smallest absolute Gasteiger partial charge is 0.320 e. The second kappa shape index (κ2) is 4.05. The van der Waals surface area contributed by atoms with Gasteiger partial charge in [-0.05, 0) is 0 Å². The van der Waals surface area contributed by atoms with Crippen LogP contribution >= 0.6 is 0 Å². The quantitative estimate of drug-likeness (QED) is 0.472. The number of aliphatic carboxylic acids is 1. The maximum absolute atomic E-state index is 10.5. The lowest BCUT2D eigenvalue weighted by molar-refractivity contribution is -0.138. The van der Waals surface area contributed by atoms with E-state index < -0.39 is 12.0 Å². The molecule has 0 saturated carbocycles. The molecule has 0 aliphatic carbocycles. The third-order valence-corrected chi connectivity index (χ3v) is 1.93. The van der Waals surface area contributed by atoms with Crippen molar-refractivity contribution >= 4 is 5.97 Å². The van der Waals surface area contributed by atoms with Crippen molar-refractivity contribution in [1.29, 1.82) is 0 Å². The Kier molecular flexibility index (Phi) is 3.01.